The molecule has 1 aliphatic heterocycles. The molecule has 3 rings (SSSR count). The Bertz CT molecular complexity index is 470. The van der Waals surface area contributed by atoms with Crippen LogP contribution in [0.25, 0.3) is 0 Å². The molecule has 20 heavy (non-hydrogen) atoms. The smallest absolute Gasteiger partial charge is 0.308 e. The fourth-order valence-electron chi connectivity index (χ4n) is 2.68. The van der Waals surface area contributed by atoms with Gasteiger partial charge in [-0.2, -0.15) is 0 Å². The maximum atomic E-state index is 11.3. The zero-order valence-corrected chi connectivity index (χ0v) is 11.8. The Kier molecular flexibility index (Phi) is 4.03. The van der Waals surface area contributed by atoms with Crippen molar-refractivity contribution in [2.75, 3.05) is 26.8 Å². The Balaban J connectivity index is 1.56. The molecule has 110 valence electrons. The maximum absolute atomic E-state index is 11.3. The van der Waals surface area contributed by atoms with Crippen LogP contribution in [-0.4, -0.2) is 53.3 Å². The molecule has 0 amide bonds. The van der Waals surface area contributed by atoms with Crippen molar-refractivity contribution in [2.45, 2.75) is 38.0 Å². The molecule has 6 nitrogen and oxygen atoms in total. The first kappa shape index (κ1) is 13.6. The predicted octanol–water partition coefficient (Wildman–Crippen LogP) is 0.982. The highest BCUT2D eigenvalue weighted by Crippen LogP contribution is 2.35. The SMILES string of the molecule is COC(=O)CC1CN(Cc2cncn2C2CC2)CCO1. The van der Waals surface area contributed by atoms with Crippen LogP contribution >= 0.6 is 0 Å². The van der Waals surface area contributed by atoms with E-state index in [1.165, 1.54) is 25.6 Å². The van der Waals surface area contributed by atoms with Gasteiger partial charge < -0.3 is 14.0 Å². The fourth-order valence-corrected chi connectivity index (χ4v) is 2.68. The molecule has 2 fully saturated rings. The molecule has 0 aromatic carbocycles. The minimum absolute atomic E-state index is 0.0616. The van der Waals surface area contributed by atoms with Crippen LogP contribution in [0, 0.1) is 0 Å². The first-order valence-corrected chi connectivity index (χ1v) is 7.17. The lowest BCUT2D eigenvalue weighted by Crippen LogP contribution is -2.43. The van der Waals surface area contributed by atoms with Crippen molar-refractivity contribution in [3.8, 4) is 0 Å². The van der Waals surface area contributed by atoms with E-state index in [0.29, 0.717) is 19.1 Å². The van der Waals surface area contributed by atoms with Gasteiger partial charge in [-0.05, 0) is 12.8 Å². The zero-order chi connectivity index (χ0) is 13.9. The van der Waals surface area contributed by atoms with Crippen molar-refractivity contribution in [1.29, 1.82) is 0 Å². The standard InChI is InChI=1S/C14H21N3O3/c1-19-14(18)6-13-9-16(4-5-20-13)8-12-7-15-10-17(12)11-2-3-11/h7,10-11,13H,2-6,8-9H2,1H3. The molecule has 0 bridgehead atoms. The summed E-state index contributed by atoms with van der Waals surface area (Å²) in [7, 11) is 1.41. The summed E-state index contributed by atoms with van der Waals surface area (Å²) >= 11 is 0. The van der Waals surface area contributed by atoms with Crippen molar-refractivity contribution < 1.29 is 14.3 Å². The number of imidazole rings is 1. The molecular formula is C14H21N3O3. The largest absolute Gasteiger partial charge is 0.469 e. The van der Waals surface area contributed by atoms with Gasteiger partial charge in [-0.15, -0.1) is 0 Å². The van der Waals surface area contributed by atoms with Gasteiger partial charge in [0.25, 0.3) is 0 Å². The third-order valence-electron chi connectivity index (χ3n) is 3.92. The number of hydrogen-bond acceptors (Lipinski definition) is 5. The molecule has 1 aromatic rings. The van der Waals surface area contributed by atoms with E-state index >= 15 is 0 Å². The number of ether oxygens (including phenoxy) is 2. The van der Waals surface area contributed by atoms with Gasteiger partial charge in [-0.25, -0.2) is 4.98 Å². The van der Waals surface area contributed by atoms with Crippen molar-refractivity contribution in [2.24, 2.45) is 0 Å². The quantitative estimate of drug-likeness (QED) is 0.752. The van der Waals surface area contributed by atoms with Gasteiger partial charge in [0.1, 0.15) is 0 Å². The number of carbonyl (C=O) groups is 1. The summed E-state index contributed by atoms with van der Waals surface area (Å²) in [5.74, 6) is -0.208. The number of rotatable bonds is 5. The number of methoxy groups -OCH3 is 1. The Labute approximate surface area is 118 Å². The fraction of sp³-hybridized carbons (Fsp3) is 0.714. The van der Waals surface area contributed by atoms with E-state index in [2.05, 4.69) is 14.5 Å². The Morgan fingerprint density at radius 2 is 2.40 bits per heavy atom. The second-order valence-electron chi connectivity index (χ2n) is 5.53. The van der Waals surface area contributed by atoms with E-state index in [4.69, 9.17) is 9.47 Å². The summed E-state index contributed by atoms with van der Waals surface area (Å²) < 4.78 is 12.6. The van der Waals surface area contributed by atoms with E-state index in [9.17, 15) is 4.79 Å². The van der Waals surface area contributed by atoms with Crippen molar-refractivity contribution in [1.82, 2.24) is 14.5 Å². The topological polar surface area (TPSA) is 56.6 Å². The third-order valence-corrected chi connectivity index (χ3v) is 3.92. The van der Waals surface area contributed by atoms with Crippen molar-refractivity contribution in [3.63, 3.8) is 0 Å². The van der Waals surface area contributed by atoms with Crippen LogP contribution in [0.2, 0.25) is 0 Å². The molecule has 6 heteroatoms. The van der Waals surface area contributed by atoms with Gasteiger partial charge in [0.2, 0.25) is 0 Å². The number of morpholine rings is 1. The van der Waals surface area contributed by atoms with E-state index in [1.807, 2.05) is 12.5 Å². The predicted molar refractivity (Wildman–Crippen MR) is 72.1 cm³/mol. The lowest BCUT2D eigenvalue weighted by atomic mass is 10.2. The number of hydrogen-bond donors (Lipinski definition) is 0. The van der Waals surface area contributed by atoms with Crippen molar-refractivity contribution >= 4 is 5.97 Å². The summed E-state index contributed by atoms with van der Waals surface area (Å²) in [4.78, 5) is 17.9. The van der Waals surface area contributed by atoms with Crippen LogP contribution in [0.15, 0.2) is 12.5 Å². The van der Waals surface area contributed by atoms with Crippen LogP contribution in [0.4, 0.5) is 0 Å². The molecule has 1 aromatic heterocycles. The molecule has 0 N–H and O–H groups in total. The Hall–Kier alpha value is -1.40. The number of carbonyl (C=O) groups excluding carboxylic acids is 1. The summed E-state index contributed by atoms with van der Waals surface area (Å²) in [6, 6.07) is 0.652. The normalized spacial score (nSPS) is 23.8. The first-order chi connectivity index (χ1) is 9.76. The Morgan fingerprint density at radius 1 is 1.55 bits per heavy atom. The summed E-state index contributed by atoms with van der Waals surface area (Å²) in [6.45, 7) is 3.20. The second-order valence-corrected chi connectivity index (χ2v) is 5.53. The number of aromatic nitrogens is 2. The van der Waals surface area contributed by atoms with E-state index in [0.717, 1.165) is 19.6 Å². The van der Waals surface area contributed by atoms with Gasteiger partial charge in [0, 0.05) is 31.9 Å². The molecular weight excluding hydrogens is 258 g/mol. The molecule has 2 aliphatic rings. The van der Waals surface area contributed by atoms with Gasteiger partial charge in [-0.1, -0.05) is 0 Å². The van der Waals surface area contributed by atoms with Gasteiger partial charge >= 0.3 is 5.97 Å². The molecule has 0 radical (unpaired) electrons. The lowest BCUT2D eigenvalue weighted by molar-refractivity contribution is -0.145. The average molecular weight is 279 g/mol. The molecule has 1 saturated heterocycles. The third kappa shape index (κ3) is 3.19. The van der Waals surface area contributed by atoms with Crippen LogP contribution in [0.5, 0.6) is 0 Å². The molecule has 1 unspecified atom stereocenters. The highest BCUT2D eigenvalue weighted by atomic mass is 16.5. The van der Waals surface area contributed by atoms with Crippen LogP contribution in [0.1, 0.15) is 31.0 Å². The van der Waals surface area contributed by atoms with Gasteiger partial charge in [0.15, 0.2) is 0 Å². The van der Waals surface area contributed by atoms with Crippen molar-refractivity contribution in [3.05, 3.63) is 18.2 Å². The summed E-state index contributed by atoms with van der Waals surface area (Å²) in [5.41, 5.74) is 1.26. The van der Waals surface area contributed by atoms with E-state index < -0.39 is 0 Å². The van der Waals surface area contributed by atoms with Crippen LogP contribution in [-0.2, 0) is 20.8 Å². The minimum atomic E-state index is -0.208. The second kappa shape index (κ2) is 5.93. The van der Waals surface area contributed by atoms with E-state index in [1.54, 1.807) is 0 Å². The number of nitrogens with zero attached hydrogens (tertiary/aromatic N) is 3. The average Bonchev–Trinajstić information content (AvgIpc) is 3.20. The van der Waals surface area contributed by atoms with Crippen LogP contribution < -0.4 is 0 Å². The van der Waals surface area contributed by atoms with Gasteiger partial charge in [0.05, 0.1) is 38.3 Å². The Morgan fingerprint density at radius 3 is 3.15 bits per heavy atom. The first-order valence-electron chi connectivity index (χ1n) is 7.17. The molecule has 0 spiro atoms. The number of esters is 1. The molecule has 2 heterocycles. The highest BCUT2D eigenvalue weighted by Gasteiger charge is 2.27. The van der Waals surface area contributed by atoms with Gasteiger partial charge in [-0.3, -0.25) is 9.69 Å². The molecule has 1 atom stereocenters. The highest BCUT2D eigenvalue weighted by molar-refractivity contribution is 5.69. The minimum Gasteiger partial charge on any atom is -0.469 e. The monoisotopic (exact) mass is 279 g/mol. The maximum Gasteiger partial charge on any atom is 0.308 e. The zero-order valence-electron chi connectivity index (χ0n) is 11.8. The molecule has 1 aliphatic carbocycles. The summed E-state index contributed by atoms with van der Waals surface area (Å²) in [6.07, 6.45) is 6.67. The lowest BCUT2D eigenvalue weighted by Gasteiger charge is -2.32. The molecule has 1 saturated carbocycles. The van der Waals surface area contributed by atoms with E-state index in [-0.39, 0.29) is 12.1 Å². The summed E-state index contributed by atoms with van der Waals surface area (Å²) in [5, 5.41) is 0. The van der Waals surface area contributed by atoms with Crippen LogP contribution in [0.3, 0.4) is 0 Å².